The highest BCUT2D eigenvalue weighted by atomic mass is 35.5. The second-order valence-electron chi connectivity index (χ2n) is 2.53. The van der Waals surface area contributed by atoms with Crippen molar-refractivity contribution in [1.29, 1.82) is 0 Å². The standard InChI is InChI=1S/C9H9ClO2S/c1-13-8-3-2-7(10)4-6(8)5-9(11)12/h2-4H,5H2,1H3,(H,11,12). The van der Waals surface area contributed by atoms with Crippen LogP contribution in [-0.2, 0) is 11.2 Å². The molecule has 0 saturated carbocycles. The third-order valence-electron chi connectivity index (χ3n) is 1.58. The van der Waals surface area contributed by atoms with Crippen molar-refractivity contribution in [1.82, 2.24) is 0 Å². The van der Waals surface area contributed by atoms with E-state index in [0.717, 1.165) is 10.5 Å². The van der Waals surface area contributed by atoms with Gasteiger partial charge in [-0.3, -0.25) is 4.79 Å². The molecule has 0 radical (unpaired) electrons. The topological polar surface area (TPSA) is 37.3 Å². The number of carbonyl (C=O) groups is 1. The molecule has 13 heavy (non-hydrogen) atoms. The van der Waals surface area contributed by atoms with E-state index >= 15 is 0 Å². The lowest BCUT2D eigenvalue weighted by Gasteiger charge is -2.04. The van der Waals surface area contributed by atoms with E-state index in [4.69, 9.17) is 16.7 Å². The summed E-state index contributed by atoms with van der Waals surface area (Å²) in [5.41, 5.74) is 0.771. The van der Waals surface area contributed by atoms with Gasteiger partial charge in [0, 0.05) is 9.92 Å². The Morgan fingerprint density at radius 1 is 1.62 bits per heavy atom. The first-order valence-corrected chi connectivity index (χ1v) is 5.28. The van der Waals surface area contributed by atoms with E-state index in [9.17, 15) is 4.79 Å². The van der Waals surface area contributed by atoms with Crippen molar-refractivity contribution in [2.45, 2.75) is 11.3 Å². The van der Waals surface area contributed by atoms with E-state index in [1.165, 1.54) is 11.8 Å². The fourth-order valence-corrected chi connectivity index (χ4v) is 1.84. The van der Waals surface area contributed by atoms with Gasteiger partial charge in [0.2, 0.25) is 0 Å². The van der Waals surface area contributed by atoms with Crippen molar-refractivity contribution in [3.05, 3.63) is 28.8 Å². The minimum Gasteiger partial charge on any atom is -0.481 e. The molecule has 0 bridgehead atoms. The average Bonchev–Trinajstić information content (AvgIpc) is 2.03. The van der Waals surface area contributed by atoms with Gasteiger partial charge in [0.05, 0.1) is 6.42 Å². The zero-order valence-corrected chi connectivity index (χ0v) is 8.65. The second-order valence-corrected chi connectivity index (χ2v) is 3.81. The van der Waals surface area contributed by atoms with Gasteiger partial charge in [-0.25, -0.2) is 0 Å². The fourth-order valence-electron chi connectivity index (χ4n) is 1.05. The van der Waals surface area contributed by atoms with Crippen molar-refractivity contribution in [2.24, 2.45) is 0 Å². The van der Waals surface area contributed by atoms with Crippen LogP contribution in [0.5, 0.6) is 0 Å². The van der Waals surface area contributed by atoms with Crippen LogP contribution < -0.4 is 0 Å². The average molecular weight is 217 g/mol. The zero-order chi connectivity index (χ0) is 9.84. The van der Waals surface area contributed by atoms with Gasteiger partial charge in [-0.2, -0.15) is 0 Å². The van der Waals surface area contributed by atoms with Crippen molar-refractivity contribution < 1.29 is 9.90 Å². The molecule has 0 aromatic heterocycles. The molecule has 0 atom stereocenters. The van der Waals surface area contributed by atoms with Crippen LogP contribution in [0.4, 0.5) is 0 Å². The largest absolute Gasteiger partial charge is 0.481 e. The first kappa shape index (κ1) is 10.4. The van der Waals surface area contributed by atoms with E-state index in [1.54, 1.807) is 12.1 Å². The molecule has 4 heteroatoms. The number of carboxylic acids is 1. The predicted octanol–water partition coefficient (Wildman–Crippen LogP) is 2.69. The van der Waals surface area contributed by atoms with E-state index in [0.29, 0.717) is 5.02 Å². The Morgan fingerprint density at radius 3 is 2.85 bits per heavy atom. The lowest BCUT2D eigenvalue weighted by Crippen LogP contribution is -2.01. The summed E-state index contributed by atoms with van der Waals surface area (Å²) in [6.07, 6.45) is 1.94. The van der Waals surface area contributed by atoms with Crippen LogP contribution in [-0.4, -0.2) is 17.3 Å². The SMILES string of the molecule is CSc1ccc(Cl)cc1CC(=O)O. The summed E-state index contributed by atoms with van der Waals surface area (Å²) in [5, 5.41) is 9.20. The number of benzene rings is 1. The smallest absolute Gasteiger partial charge is 0.307 e. The molecule has 0 saturated heterocycles. The Bertz CT molecular complexity index is 325. The highest BCUT2D eigenvalue weighted by Crippen LogP contribution is 2.24. The van der Waals surface area contributed by atoms with Crippen LogP contribution in [0.25, 0.3) is 0 Å². The maximum Gasteiger partial charge on any atom is 0.307 e. The van der Waals surface area contributed by atoms with E-state index in [2.05, 4.69) is 0 Å². The molecule has 0 aliphatic carbocycles. The number of hydrogen-bond acceptors (Lipinski definition) is 2. The quantitative estimate of drug-likeness (QED) is 0.790. The van der Waals surface area contributed by atoms with Crippen LogP contribution in [0.3, 0.4) is 0 Å². The van der Waals surface area contributed by atoms with Crippen LogP contribution >= 0.6 is 23.4 Å². The van der Waals surface area contributed by atoms with Crippen molar-refractivity contribution >= 4 is 29.3 Å². The van der Waals surface area contributed by atoms with Gasteiger partial charge in [0.1, 0.15) is 0 Å². The van der Waals surface area contributed by atoms with Crippen LogP contribution in [0, 0.1) is 0 Å². The van der Waals surface area contributed by atoms with Gasteiger partial charge < -0.3 is 5.11 Å². The van der Waals surface area contributed by atoms with Crippen LogP contribution in [0.2, 0.25) is 5.02 Å². The molecule has 2 nitrogen and oxygen atoms in total. The first-order chi connectivity index (χ1) is 6.13. The van der Waals surface area contributed by atoms with Crippen molar-refractivity contribution in [3.63, 3.8) is 0 Å². The van der Waals surface area contributed by atoms with Crippen LogP contribution in [0.15, 0.2) is 23.1 Å². The Balaban J connectivity index is 3.01. The summed E-state index contributed by atoms with van der Waals surface area (Å²) >= 11 is 7.28. The molecule has 1 aromatic carbocycles. The molecule has 0 amide bonds. The molecular weight excluding hydrogens is 208 g/mol. The number of halogens is 1. The lowest BCUT2D eigenvalue weighted by atomic mass is 10.1. The normalized spacial score (nSPS) is 10.0. The third-order valence-corrected chi connectivity index (χ3v) is 2.66. The molecule has 0 unspecified atom stereocenters. The van der Waals surface area contributed by atoms with Crippen molar-refractivity contribution in [2.75, 3.05) is 6.26 Å². The zero-order valence-electron chi connectivity index (χ0n) is 7.08. The highest BCUT2D eigenvalue weighted by molar-refractivity contribution is 7.98. The van der Waals surface area contributed by atoms with Gasteiger partial charge in [-0.05, 0) is 30.0 Å². The molecule has 0 spiro atoms. The van der Waals surface area contributed by atoms with E-state index < -0.39 is 5.97 Å². The van der Waals surface area contributed by atoms with Gasteiger partial charge in [-0.1, -0.05) is 11.6 Å². The van der Waals surface area contributed by atoms with Gasteiger partial charge in [0.15, 0.2) is 0 Å². The molecule has 70 valence electrons. The first-order valence-electron chi connectivity index (χ1n) is 3.67. The maximum absolute atomic E-state index is 10.5. The molecule has 0 aliphatic heterocycles. The Hall–Kier alpha value is -0.670. The number of rotatable bonds is 3. The molecule has 1 aromatic rings. The monoisotopic (exact) mass is 216 g/mol. The lowest BCUT2D eigenvalue weighted by molar-refractivity contribution is -0.136. The molecule has 0 aliphatic rings. The Kier molecular flexibility index (Phi) is 3.63. The van der Waals surface area contributed by atoms with E-state index in [-0.39, 0.29) is 6.42 Å². The summed E-state index contributed by atoms with van der Waals surface area (Å²) in [6.45, 7) is 0. The third kappa shape index (κ3) is 2.94. The van der Waals surface area contributed by atoms with Gasteiger partial charge >= 0.3 is 5.97 Å². The number of thioether (sulfide) groups is 1. The summed E-state index contributed by atoms with van der Waals surface area (Å²) < 4.78 is 0. The minimum absolute atomic E-state index is 0.0245. The number of hydrogen-bond donors (Lipinski definition) is 1. The molecule has 1 rings (SSSR count). The molecular formula is C9H9ClO2S. The Labute approximate surface area is 85.9 Å². The number of aliphatic carboxylic acids is 1. The van der Waals surface area contributed by atoms with Gasteiger partial charge in [0.25, 0.3) is 0 Å². The maximum atomic E-state index is 10.5. The minimum atomic E-state index is -0.836. The van der Waals surface area contributed by atoms with Crippen LogP contribution in [0.1, 0.15) is 5.56 Å². The second kappa shape index (κ2) is 4.53. The van der Waals surface area contributed by atoms with E-state index in [1.807, 2.05) is 12.3 Å². The highest BCUT2D eigenvalue weighted by Gasteiger charge is 2.06. The van der Waals surface area contributed by atoms with Crippen molar-refractivity contribution in [3.8, 4) is 0 Å². The molecule has 0 heterocycles. The fraction of sp³-hybridized carbons (Fsp3) is 0.222. The molecule has 1 N–H and O–H groups in total. The number of carboxylic acid groups (broad SMARTS) is 1. The Morgan fingerprint density at radius 2 is 2.31 bits per heavy atom. The summed E-state index contributed by atoms with van der Waals surface area (Å²) in [6, 6.07) is 5.30. The molecule has 0 fully saturated rings. The predicted molar refractivity (Wildman–Crippen MR) is 54.6 cm³/mol. The summed E-state index contributed by atoms with van der Waals surface area (Å²) in [5.74, 6) is -0.836. The summed E-state index contributed by atoms with van der Waals surface area (Å²) in [7, 11) is 0. The van der Waals surface area contributed by atoms with Gasteiger partial charge in [-0.15, -0.1) is 11.8 Å². The summed E-state index contributed by atoms with van der Waals surface area (Å²) in [4.78, 5) is 11.5.